The van der Waals surface area contributed by atoms with Crippen molar-refractivity contribution < 1.29 is 0 Å². The van der Waals surface area contributed by atoms with Gasteiger partial charge in [0.1, 0.15) is 0 Å². The van der Waals surface area contributed by atoms with Crippen LogP contribution in [0.3, 0.4) is 0 Å². The highest BCUT2D eigenvalue weighted by molar-refractivity contribution is 7.25. The van der Waals surface area contributed by atoms with E-state index in [-0.39, 0.29) is 0 Å². The lowest BCUT2D eigenvalue weighted by Gasteiger charge is -2.20. The van der Waals surface area contributed by atoms with Gasteiger partial charge in [0.15, 0.2) is 0 Å². The number of hydrogen-bond acceptors (Lipinski definition) is 1. The van der Waals surface area contributed by atoms with Crippen molar-refractivity contribution in [3.8, 4) is 33.4 Å². The molecule has 9 aromatic rings. The molecule has 0 fully saturated rings. The molecule has 0 aliphatic heterocycles. The lowest BCUT2D eigenvalue weighted by Crippen LogP contribution is -1.92. The van der Waals surface area contributed by atoms with Crippen molar-refractivity contribution in [2.45, 2.75) is 34.1 Å². The molecule has 0 saturated heterocycles. The molecule has 1 heterocycles. The smallest absolute Gasteiger partial charge is 0.0355 e. The van der Waals surface area contributed by atoms with Gasteiger partial charge in [-0.2, -0.15) is 0 Å². The zero-order valence-electron chi connectivity index (χ0n) is 28.1. The van der Waals surface area contributed by atoms with Crippen LogP contribution in [0.1, 0.15) is 34.1 Å². The van der Waals surface area contributed by atoms with Crippen LogP contribution in [0.25, 0.3) is 85.9 Å². The van der Waals surface area contributed by atoms with Crippen molar-refractivity contribution in [3.63, 3.8) is 0 Å². The van der Waals surface area contributed by atoms with Gasteiger partial charge >= 0.3 is 0 Å². The summed E-state index contributed by atoms with van der Waals surface area (Å²) in [5.41, 5.74) is 7.61. The minimum Gasteiger partial charge on any atom is -0.135 e. The Labute approximate surface area is 287 Å². The summed E-state index contributed by atoms with van der Waals surface area (Å²) in [6.45, 7) is 8.25. The minimum atomic E-state index is 1.24. The molecule has 0 saturated carbocycles. The highest BCUT2D eigenvalue weighted by atomic mass is 32.1. The van der Waals surface area contributed by atoms with Gasteiger partial charge in [-0.05, 0) is 90.0 Å². The van der Waals surface area contributed by atoms with Crippen molar-refractivity contribution in [2.75, 3.05) is 0 Å². The highest BCUT2D eigenvalue weighted by Gasteiger charge is 2.19. The van der Waals surface area contributed by atoms with E-state index in [9.17, 15) is 0 Å². The van der Waals surface area contributed by atoms with Gasteiger partial charge in [-0.25, -0.2) is 0 Å². The second kappa shape index (κ2) is 13.9. The topological polar surface area (TPSA) is 0 Å². The number of hydrogen-bond donors (Lipinski definition) is 0. The molecular formula is C47H40S. The monoisotopic (exact) mass is 636 g/mol. The molecule has 0 bridgehead atoms. The van der Waals surface area contributed by atoms with Gasteiger partial charge in [0, 0.05) is 20.2 Å². The molecule has 0 atom stereocenters. The van der Waals surface area contributed by atoms with Gasteiger partial charge in [0.25, 0.3) is 0 Å². The first-order chi connectivity index (χ1) is 23.7. The van der Waals surface area contributed by atoms with E-state index in [1.165, 1.54) is 92.3 Å². The van der Waals surface area contributed by atoms with E-state index in [0.29, 0.717) is 0 Å². The summed E-state index contributed by atoms with van der Waals surface area (Å²) >= 11 is 1.87. The van der Waals surface area contributed by atoms with E-state index >= 15 is 0 Å². The predicted octanol–water partition coefficient (Wildman–Crippen LogP) is 15.0. The van der Waals surface area contributed by atoms with Crippen LogP contribution in [0.15, 0.2) is 158 Å². The molecule has 0 amide bonds. The standard InChI is InChI=1S/C42H26S.C3H8.C2H6/c1-2-12-28-25-29(22-21-27(28)11-1)31-13-3-4-15-33(31)42-36-18-7-5-16-34(36)41(35-17-6-8-19-37(35)42)30-23-24-40-38(26-30)32-14-9-10-20-39(32)43-40;1-3-2;1-2/h1-26H;3H2,1-2H3;1-2H3. The fraction of sp³-hybridized carbons (Fsp3) is 0.106. The fourth-order valence-corrected chi connectivity index (χ4v) is 8.01. The Kier molecular flexibility index (Phi) is 9.05. The maximum Gasteiger partial charge on any atom is 0.0355 e. The minimum absolute atomic E-state index is 1.24. The summed E-state index contributed by atoms with van der Waals surface area (Å²) in [6.07, 6.45) is 1.25. The third-order valence-electron chi connectivity index (χ3n) is 8.85. The normalized spacial score (nSPS) is 11.0. The molecule has 1 aromatic heterocycles. The van der Waals surface area contributed by atoms with E-state index in [1.54, 1.807) is 0 Å². The van der Waals surface area contributed by atoms with Crippen molar-refractivity contribution in [3.05, 3.63) is 158 Å². The first-order valence-corrected chi connectivity index (χ1v) is 18.0. The molecule has 9 rings (SSSR count). The maximum atomic E-state index is 2.41. The number of rotatable bonds is 3. The van der Waals surface area contributed by atoms with Gasteiger partial charge in [0.05, 0.1) is 0 Å². The van der Waals surface area contributed by atoms with Crippen molar-refractivity contribution in [1.29, 1.82) is 0 Å². The van der Waals surface area contributed by atoms with E-state index in [0.717, 1.165) is 0 Å². The second-order valence-corrected chi connectivity index (χ2v) is 13.0. The largest absolute Gasteiger partial charge is 0.135 e. The predicted molar refractivity (Wildman–Crippen MR) is 215 cm³/mol. The van der Waals surface area contributed by atoms with Crippen LogP contribution >= 0.6 is 11.3 Å². The molecule has 0 aliphatic rings. The summed E-state index contributed by atoms with van der Waals surface area (Å²) in [5, 5.41) is 10.3. The average Bonchev–Trinajstić information content (AvgIpc) is 3.53. The van der Waals surface area contributed by atoms with Gasteiger partial charge in [-0.1, -0.05) is 168 Å². The Hall–Kier alpha value is -5.24. The van der Waals surface area contributed by atoms with E-state index < -0.39 is 0 Å². The summed E-state index contributed by atoms with van der Waals surface area (Å²) in [6, 6.07) is 58.0. The molecule has 8 aromatic carbocycles. The van der Waals surface area contributed by atoms with Crippen LogP contribution in [-0.2, 0) is 0 Å². The van der Waals surface area contributed by atoms with Crippen LogP contribution in [0.5, 0.6) is 0 Å². The van der Waals surface area contributed by atoms with Gasteiger partial charge < -0.3 is 0 Å². The molecule has 0 spiro atoms. The quantitative estimate of drug-likeness (QED) is 0.169. The molecule has 1 heteroatoms. The van der Waals surface area contributed by atoms with Crippen LogP contribution in [0, 0.1) is 0 Å². The Morgan fingerprint density at radius 2 is 0.854 bits per heavy atom. The molecule has 48 heavy (non-hydrogen) atoms. The Morgan fingerprint density at radius 1 is 0.375 bits per heavy atom. The van der Waals surface area contributed by atoms with Crippen LogP contribution in [0.4, 0.5) is 0 Å². The molecule has 0 unspecified atom stereocenters. The van der Waals surface area contributed by atoms with Crippen LogP contribution < -0.4 is 0 Å². The van der Waals surface area contributed by atoms with Crippen molar-refractivity contribution in [1.82, 2.24) is 0 Å². The Balaban J connectivity index is 0.000000693. The molecule has 0 aliphatic carbocycles. The average molecular weight is 637 g/mol. The number of fused-ring (bicyclic) bond motifs is 6. The van der Waals surface area contributed by atoms with Crippen molar-refractivity contribution in [2.24, 2.45) is 0 Å². The molecule has 234 valence electrons. The number of benzene rings is 8. The highest BCUT2D eigenvalue weighted by Crippen LogP contribution is 2.47. The summed E-state index contributed by atoms with van der Waals surface area (Å²) < 4.78 is 2.67. The zero-order chi connectivity index (χ0) is 33.0. The fourth-order valence-electron chi connectivity index (χ4n) is 6.92. The SMILES string of the molecule is CC.CCC.c1ccc(-c2c3ccccc3c(-c3ccc4sc5ccccc5c4c3)c3ccccc23)c(-c2ccc3ccccc3c2)c1. The molecular weight excluding hydrogens is 597 g/mol. The summed E-state index contributed by atoms with van der Waals surface area (Å²) in [4.78, 5) is 0. The van der Waals surface area contributed by atoms with E-state index in [1.807, 2.05) is 25.2 Å². The summed E-state index contributed by atoms with van der Waals surface area (Å²) in [7, 11) is 0. The Morgan fingerprint density at radius 3 is 1.52 bits per heavy atom. The Bertz CT molecular complexity index is 2470. The first-order valence-electron chi connectivity index (χ1n) is 17.2. The van der Waals surface area contributed by atoms with Gasteiger partial charge in [0.2, 0.25) is 0 Å². The van der Waals surface area contributed by atoms with Gasteiger partial charge in [-0.15, -0.1) is 11.3 Å². The zero-order valence-corrected chi connectivity index (χ0v) is 28.9. The molecule has 0 nitrogen and oxygen atoms in total. The van der Waals surface area contributed by atoms with Crippen LogP contribution in [0.2, 0.25) is 0 Å². The third kappa shape index (κ3) is 5.55. The first kappa shape index (κ1) is 31.4. The van der Waals surface area contributed by atoms with E-state index in [2.05, 4.69) is 172 Å². The molecule has 0 radical (unpaired) electrons. The lowest BCUT2D eigenvalue weighted by molar-refractivity contribution is 1.09. The maximum absolute atomic E-state index is 2.41. The van der Waals surface area contributed by atoms with E-state index in [4.69, 9.17) is 0 Å². The van der Waals surface area contributed by atoms with Gasteiger partial charge in [-0.3, -0.25) is 0 Å². The lowest BCUT2D eigenvalue weighted by atomic mass is 9.83. The molecule has 0 N–H and O–H groups in total. The van der Waals surface area contributed by atoms with Crippen molar-refractivity contribution >= 4 is 63.8 Å². The summed E-state index contributed by atoms with van der Waals surface area (Å²) in [5.74, 6) is 0. The second-order valence-electron chi connectivity index (χ2n) is 12.0. The third-order valence-corrected chi connectivity index (χ3v) is 10.0. The van der Waals surface area contributed by atoms with Crippen LogP contribution in [-0.4, -0.2) is 0 Å². The number of thiophene rings is 1.